The van der Waals surface area contributed by atoms with E-state index >= 15 is 0 Å². The van der Waals surface area contributed by atoms with Gasteiger partial charge < -0.3 is 35.4 Å². The summed E-state index contributed by atoms with van der Waals surface area (Å²) in [6.07, 6.45) is 2.91. The molecule has 48 heavy (non-hydrogen) atoms. The lowest BCUT2D eigenvalue weighted by molar-refractivity contribution is -0.142. The normalized spacial score (nSPS) is 17.6. The lowest BCUT2D eigenvalue weighted by atomic mass is 10.2. The Balaban J connectivity index is 1.07. The summed E-state index contributed by atoms with van der Waals surface area (Å²) in [5.74, 6) is 4.38. The minimum Gasteiger partial charge on any atom is -0.451 e. The smallest absolute Gasteiger partial charge is 0.330 e. The quantitative estimate of drug-likeness (QED) is 0.104. The first-order valence-corrected chi connectivity index (χ1v) is 16.5. The van der Waals surface area contributed by atoms with Gasteiger partial charge in [0.05, 0.1) is 12.7 Å². The molecule has 2 aromatic rings. The maximum Gasteiger partial charge on any atom is 0.330 e. The molecule has 2 aliphatic heterocycles. The summed E-state index contributed by atoms with van der Waals surface area (Å²) in [5, 5.41) is 18.3. The fraction of sp³-hybridized carbons (Fsp3) is 0.500. The zero-order chi connectivity index (χ0) is 34.5. The number of rotatable bonds is 12. The van der Waals surface area contributed by atoms with Gasteiger partial charge in [0.25, 0.3) is 5.56 Å². The number of ether oxygens (including phenoxy) is 2. The van der Waals surface area contributed by atoms with Crippen molar-refractivity contribution in [3.8, 4) is 11.8 Å². The minimum absolute atomic E-state index is 0.0151. The second-order valence-corrected chi connectivity index (χ2v) is 12.2. The van der Waals surface area contributed by atoms with Gasteiger partial charge in [0, 0.05) is 69.0 Å². The number of aliphatic hydroxyl groups excluding tert-OH is 1. The van der Waals surface area contributed by atoms with Crippen molar-refractivity contribution in [1.82, 2.24) is 35.0 Å². The fourth-order valence-electron chi connectivity index (χ4n) is 4.91. The molecule has 2 amide bonds. The van der Waals surface area contributed by atoms with E-state index < -0.39 is 35.9 Å². The van der Waals surface area contributed by atoms with Gasteiger partial charge in [-0.25, -0.2) is 9.78 Å². The second-order valence-electron chi connectivity index (χ2n) is 10.9. The van der Waals surface area contributed by atoms with Gasteiger partial charge in [-0.05, 0) is 53.1 Å². The number of halogens is 1. The number of nitrogens with zero attached hydrogens (tertiary/aromatic N) is 4. The van der Waals surface area contributed by atoms with Gasteiger partial charge in [0.15, 0.2) is 11.7 Å². The molecule has 0 aliphatic carbocycles. The predicted molar refractivity (Wildman–Crippen MR) is 181 cm³/mol. The third-order valence-corrected chi connectivity index (χ3v) is 8.21. The first-order valence-electron chi connectivity index (χ1n) is 15.3. The van der Waals surface area contributed by atoms with Crippen molar-refractivity contribution >= 4 is 56.9 Å². The summed E-state index contributed by atoms with van der Waals surface area (Å²) in [6, 6.07) is 3.68. The first-order chi connectivity index (χ1) is 23.1. The van der Waals surface area contributed by atoms with Crippen LogP contribution in [0.4, 0.5) is 5.82 Å². The number of H-pyrrole nitrogens is 1. The lowest BCUT2D eigenvalue weighted by Gasteiger charge is -2.34. The maximum absolute atomic E-state index is 12.6. The van der Waals surface area contributed by atoms with Crippen LogP contribution in [-0.4, -0.2) is 117 Å². The van der Waals surface area contributed by atoms with Crippen LogP contribution in [-0.2, 0) is 23.9 Å². The van der Waals surface area contributed by atoms with Crippen LogP contribution in [0, 0.1) is 11.8 Å². The van der Waals surface area contributed by atoms with Crippen molar-refractivity contribution < 1.29 is 29.0 Å². The maximum atomic E-state index is 12.6. The number of nitrogens with one attached hydrogen (secondary N) is 4. The second kappa shape index (κ2) is 18.4. The van der Waals surface area contributed by atoms with Crippen molar-refractivity contribution in [1.29, 1.82) is 0 Å². The first kappa shape index (κ1) is 36.7. The van der Waals surface area contributed by atoms with Crippen LogP contribution in [0.2, 0.25) is 0 Å². The van der Waals surface area contributed by atoms with E-state index in [4.69, 9.17) is 21.7 Å². The zero-order valence-corrected chi connectivity index (χ0v) is 28.4. The van der Waals surface area contributed by atoms with E-state index in [9.17, 15) is 29.1 Å². The van der Waals surface area contributed by atoms with Gasteiger partial charge in [-0.2, -0.15) is 0 Å². The van der Waals surface area contributed by atoms with Crippen LogP contribution >= 0.6 is 28.1 Å². The van der Waals surface area contributed by atoms with Crippen LogP contribution in [0.15, 0.2) is 38.6 Å². The van der Waals surface area contributed by atoms with E-state index in [-0.39, 0.29) is 43.6 Å². The van der Waals surface area contributed by atoms with Crippen LogP contribution in [0.5, 0.6) is 0 Å². The molecule has 2 saturated heterocycles. The van der Waals surface area contributed by atoms with Crippen LogP contribution in [0.25, 0.3) is 0 Å². The molecule has 0 aromatic carbocycles. The summed E-state index contributed by atoms with van der Waals surface area (Å²) in [5.41, 5.74) is -1.39. The van der Waals surface area contributed by atoms with E-state index in [1.165, 1.54) is 10.8 Å². The highest BCUT2D eigenvalue weighted by Crippen LogP contribution is 2.26. The lowest BCUT2D eigenvalue weighted by Crippen LogP contribution is -2.50. The zero-order valence-electron chi connectivity index (χ0n) is 26.0. The molecule has 2 aliphatic rings. The van der Waals surface area contributed by atoms with Gasteiger partial charge in [-0.3, -0.25) is 33.6 Å². The van der Waals surface area contributed by atoms with Crippen LogP contribution in [0.1, 0.15) is 37.5 Å². The van der Waals surface area contributed by atoms with Crippen LogP contribution < -0.4 is 27.2 Å². The molecule has 0 unspecified atom stereocenters. The Hall–Kier alpha value is -4.15. The Bertz CT molecular complexity index is 1630. The average molecular weight is 750 g/mol. The Labute approximate surface area is 289 Å². The molecule has 4 heterocycles. The molecule has 0 spiro atoms. The van der Waals surface area contributed by atoms with Gasteiger partial charge in [0.2, 0.25) is 11.8 Å². The number of aromatic nitrogens is 3. The number of amides is 2. The topological polar surface area (TPSA) is 200 Å². The summed E-state index contributed by atoms with van der Waals surface area (Å²) in [4.78, 5) is 71.5. The van der Waals surface area contributed by atoms with E-state index in [0.717, 1.165) is 11.0 Å². The summed E-state index contributed by atoms with van der Waals surface area (Å²) >= 11 is 8.65. The number of thiocarbonyl (C=S) groups is 1. The fourth-order valence-corrected chi connectivity index (χ4v) is 5.35. The molecule has 2 fully saturated rings. The Morgan fingerprint density at radius 1 is 1.15 bits per heavy atom. The number of piperazine rings is 1. The SMILES string of the molecule is O=C(CCC(=O)N1CCN(CCNC(=S)Nc2ccc(Br)cn2)CC1)NCC(=O)OCC#Cc1cn([C@H]2CC[C@@H](CO)O2)c(=O)[nH]c1=O. The highest BCUT2D eigenvalue weighted by Gasteiger charge is 2.27. The van der Waals surface area contributed by atoms with E-state index in [1.54, 1.807) is 11.1 Å². The number of carbonyl (C=O) groups is 3. The number of esters is 1. The molecular formula is C30H37BrN8O8S. The van der Waals surface area contributed by atoms with Crippen molar-refractivity contribution in [2.24, 2.45) is 0 Å². The standard InChI is InChI=1S/C30H37BrN8O8S/c31-21-3-5-23(33-16-21)35-29(48)32-9-10-37-11-13-38(14-12-37)25(42)7-6-24(41)34-17-27(43)46-15-1-2-20-18-39(30(45)36-28(20)44)26-8-4-22(19-40)47-26/h3,5,16,18,22,26,40H,4,6-15,17,19H2,(H,34,41)(H,36,44,45)(H2,32,33,35,48)/t22-,26+/m0/s1. The highest BCUT2D eigenvalue weighted by molar-refractivity contribution is 9.10. The van der Waals surface area contributed by atoms with Gasteiger partial charge in [0.1, 0.15) is 24.2 Å². The molecule has 2 aromatic heterocycles. The molecule has 2 atom stereocenters. The average Bonchev–Trinajstić information content (AvgIpc) is 3.56. The van der Waals surface area contributed by atoms with E-state index in [1.807, 2.05) is 12.1 Å². The Kier molecular flexibility index (Phi) is 14.1. The van der Waals surface area contributed by atoms with Gasteiger partial charge in [-0.1, -0.05) is 11.8 Å². The third kappa shape index (κ3) is 11.5. The minimum atomic E-state index is -0.746. The van der Waals surface area contributed by atoms with E-state index in [0.29, 0.717) is 56.5 Å². The summed E-state index contributed by atoms with van der Waals surface area (Å²) < 4.78 is 12.6. The molecule has 0 saturated carbocycles. The van der Waals surface area contributed by atoms with E-state index in [2.05, 4.69) is 58.6 Å². The number of pyridine rings is 1. The molecule has 16 nitrogen and oxygen atoms in total. The van der Waals surface area contributed by atoms with Gasteiger partial charge >= 0.3 is 11.7 Å². The number of hydrogen-bond donors (Lipinski definition) is 5. The molecule has 0 radical (unpaired) electrons. The number of carbonyl (C=O) groups excluding carboxylic acids is 3. The summed E-state index contributed by atoms with van der Waals surface area (Å²) in [7, 11) is 0. The number of aromatic amines is 1. The van der Waals surface area contributed by atoms with Gasteiger partial charge in [-0.15, -0.1) is 0 Å². The molecule has 0 bridgehead atoms. The number of anilines is 1. The number of hydrogen-bond acceptors (Lipinski definition) is 11. The molecule has 258 valence electrons. The molecule has 18 heteroatoms. The molecular weight excluding hydrogens is 712 g/mol. The predicted octanol–water partition coefficient (Wildman–Crippen LogP) is -0.714. The van der Waals surface area contributed by atoms with Crippen molar-refractivity contribution in [2.75, 3.05) is 64.3 Å². The largest absolute Gasteiger partial charge is 0.451 e. The summed E-state index contributed by atoms with van der Waals surface area (Å²) in [6.45, 7) is 2.93. The third-order valence-electron chi connectivity index (χ3n) is 7.50. The van der Waals surface area contributed by atoms with Crippen molar-refractivity contribution in [3.05, 3.63) is 55.4 Å². The van der Waals surface area contributed by atoms with Crippen molar-refractivity contribution in [3.63, 3.8) is 0 Å². The highest BCUT2D eigenvalue weighted by atomic mass is 79.9. The number of aliphatic hydroxyl groups is 1. The Morgan fingerprint density at radius 2 is 1.94 bits per heavy atom. The van der Waals surface area contributed by atoms with Crippen molar-refractivity contribution in [2.45, 2.75) is 38.0 Å². The monoisotopic (exact) mass is 748 g/mol. The molecule has 5 N–H and O–H groups in total. The molecule has 4 rings (SSSR count). The Morgan fingerprint density at radius 3 is 2.65 bits per heavy atom. The van der Waals surface area contributed by atoms with Crippen LogP contribution in [0.3, 0.4) is 0 Å².